The molecule has 0 aromatic heterocycles. The van der Waals surface area contributed by atoms with Gasteiger partial charge in [0.05, 0.1) is 23.3 Å². The Balaban J connectivity index is 1.56. The second-order valence-corrected chi connectivity index (χ2v) is 9.91. The van der Waals surface area contributed by atoms with E-state index in [-0.39, 0.29) is 16.4 Å². The van der Waals surface area contributed by atoms with Crippen molar-refractivity contribution in [1.82, 2.24) is 4.31 Å². The molecule has 0 aliphatic rings. The van der Waals surface area contributed by atoms with Gasteiger partial charge in [0.2, 0.25) is 10.0 Å². The van der Waals surface area contributed by atoms with Gasteiger partial charge in [0.15, 0.2) is 6.61 Å². The molecule has 200 valence electrons. The Labute approximate surface area is 221 Å². The molecule has 3 aromatic rings. The van der Waals surface area contributed by atoms with E-state index in [1.807, 2.05) is 0 Å². The van der Waals surface area contributed by atoms with Crippen molar-refractivity contribution in [2.45, 2.75) is 18.7 Å². The number of esters is 1. The van der Waals surface area contributed by atoms with E-state index in [0.717, 1.165) is 0 Å². The second-order valence-electron chi connectivity index (χ2n) is 7.97. The van der Waals surface area contributed by atoms with E-state index < -0.39 is 28.5 Å². The van der Waals surface area contributed by atoms with E-state index in [2.05, 4.69) is 10.6 Å². The molecule has 11 heteroatoms. The first-order valence-corrected chi connectivity index (χ1v) is 13.2. The van der Waals surface area contributed by atoms with Crippen molar-refractivity contribution >= 4 is 39.2 Å². The van der Waals surface area contributed by atoms with Crippen molar-refractivity contribution in [1.29, 1.82) is 0 Å². The lowest BCUT2D eigenvalue weighted by molar-refractivity contribution is -0.119. The largest absolute Gasteiger partial charge is 0.495 e. The second kappa shape index (κ2) is 12.8. The molecule has 2 amide bonds. The minimum Gasteiger partial charge on any atom is -0.495 e. The first-order chi connectivity index (χ1) is 18.2. The van der Waals surface area contributed by atoms with Gasteiger partial charge in [-0.05, 0) is 54.6 Å². The van der Waals surface area contributed by atoms with Gasteiger partial charge in [-0.15, -0.1) is 0 Å². The summed E-state index contributed by atoms with van der Waals surface area (Å²) in [5.41, 5.74) is 1.29. The summed E-state index contributed by atoms with van der Waals surface area (Å²) in [6.07, 6.45) is 0. The molecule has 0 unspecified atom stereocenters. The quantitative estimate of drug-likeness (QED) is 0.355. The fourth-order valence-electron chi connectivity index (χ4n) is 3.55. The van der Waals surface area contributed by atoms with Crippen LogP contribution in [0.5, 0.6) is 5.75 Å². The number of carbonyl (C=O) groups excluding carboxylic acids is 3. The third-order valence-electron chi connectivity index (χ3n) is 5.53. The van der Waals surface area contributed by atoms with Crippen LogP contribution in [-0.4, -0.2) is 57.3 Å². The molecule has 0 fully saturated rings. The van der Waals surface area contributed by atoms with Crippen LogP contribution in [0.25, 0.3) is 0 Å². The van der Waals surface area contributed by atoms with Crippen molar-refractivity contribution in [2.24, 2.45) is 0 Å². The molecular weight excluding hydrogens is 510 g/mol. The van der Waals surface area contributed by atoms with Crippen molar-refractivity contribution in [3.8, 4) is 5.75 Å². The van der Waals surface area contributed by atoms with Crippen molar-refractivity contribution in [3.05, 3.63) is 83.9 Å². The Morgan fingerprint density at radius 3 is 2.18 bits per heavy atom. The highest BCUT2D eigenvalue weighted by Gasteiger charge is 2.23. The number of carbonyl (C=O) groups is 3. The molecule has 0 spiro atoms. The van der Waals surface area contributed by atoms with Crippen LogP contribution >= 0.6 is 0 Å². The number of amides is 2. The summed E-state index contributed by atoms with van der Waals surface area (Å²) in [5, 5.41) is 5.34. The number of hydrogen-bond acceptors (Lipinski definition) is 7. The van der Waals surface area contributed by atoms with E-state index in [1.54, 1.807) is 50.2 Å². The van der Waals surface area contributed by atoms with Crippen LogP contribution in [0, 0.1) is 0 Å². The fourth-order valence-corrected chi connectivity index (χ4v) is 5.06. The zero-order chi connectivity index (χ0) is 27.7. The Kier molecular flexibility index (Phi) is 9.58. The molecule has 2 N–H and O–H groups in total. The van der Waals surface area contributed by atoms with Crippen molar-refractivity contribution < 1.29 is 32.3 Å². The van der Waals surface area contributed by atoms with Gasteiger partial charge in [-0.1, -0.05) is 32.0 Å². The number of para-hydroxylation sites is 2. The number of rotatable bonds is 11. The van der Waals surface area contributed by atoms with Gasteiger partial charge in [0, 0.05) is 24.3 Å². The normalized spacial score (nSPS) is 11.1. The Morgan fingerprint density at radius 1 is 0.842 bits per heavy atom. The maximum absolute atomic E-state index is 12.7. The van der Waals surface area contributed by atoms with E-state index in [4.69, 9.17) is 9.47 Å². The molecule has 3 rings (SSSR count). The molecule has 0 radical (unpaired) electrons. The number of hydrogen-bond donors (Lipinski definition) is 2. The third kappa shape index (κ3) is 6.96. The van der Waals surface area contributed by atoms with Gasteiger partial charge < -0.3 is 20.1 Å². The maximum Gasteiger partial charge on any atom is 0.338 e. The van der Waals surface area contributed by atoms with E-state index in [9.17, 15) is 22.8 Å². The maximum atomic E-state index is 12.7. The monoisotopic (exact) mass is 539 g/mol. The number of nitrogens with zero attached hydrogens (tertiary/aromatic N) is 1. The summed E-state index contributed by atoms with van der Waals surface area (Å²) in [7, 11) is -2.24. The van der Waals surface area contributed by atoms with Crippen LogP contribution in [0.3, 0.4) is 0 Å². The van der Waals surface area contributed by atoms with Crippen LogP contribution in [0.2, 0.25) is 0 Å². The first kappa shape index (κ1) is 28.4. The highest BCUT2D eigenvalue weighted by molar-refractivity contribution is 7.89. The molecule has 0 saturated heterocycles. The molecule has 0 atom stereocenters. The van der Waals surface area contributed by atoms with Crippen LogP contribution in [0.4, 0.5) is 11.4 Å². The van der Waals surface area contributed by atoms with E-state index in [0.29, 0.717) is 35.8 Å². The van der Waals surface area contributed by atoms with Gasteiger partial charge in [0.25, 0.3) is 11.8 Å². The average molecular weight is 540 g/mol. The zero-order valence-corrected chi connectivity index (χ0v) is 22.1. The summed E-state index contributed by atoms with van der Waals surface area (Å²) in [5.74, 6) is -1.26. The van der Waals surface area contributed by atoms with Crippen LogP contribution in [0.15, 0.2) is 77.7 Å². The average Bonchev–Trinajstić information content (AvgIpc) is 2.93. The van der Waals surface area contributed by atoms with Crippen molar-refractivity contribution in [2.75, 3.05) is 37.4 Å². The van der Waals surface area contributed by atoms with Gasteiger partial charge in [-0.25, -0.2) is 13.2 Å². The standard InChI is InChI=1S/C27H29N3O7S/c1-4-30(5-2)38(34,35)22-10-8-9-20(17-22)27(33)37-18-25(31)28-21-15-13-19(14-16-21)26(32)29-23-11-6-7-12-24(23)36-3/h6-17H,4-5,18H2,1-3H3,(H,28,31)(H,29,32). The van der Waals surface area contributed by atoms with Gasteiger partial charge in [0.1, 0.15) is 5.75 Å². The Hall–Kier alpha value is -4.22. The molecule has 0 aliphatic heterocycles. The molecule has 0 bridgehead atoms. The topological polar surface area (TPSA) is 131 Å². The summed E-state index contributed by atoms with van der Waals surface area (Å²) in [4.78, 5) is 37.2. The van der Waals surface area contributed by atoms with Crippen LogP contribution in [0.1, 0.15) is 34.6 Å². The first-order valence-electron chi connectivity index (χ1n) is 11.8. The predicted molar refractivity (Wildman–Crippen MR) is 143 cm³/mol. The lowest BCUT2D eigenvalue weighted by Gasteiger charge is -2.18. The molecule has 3 aromatic carbocycles. The minimum absolute atomic E-state index is 0.0106. The van der Waals surface area contributed by atoms with Gasteiger partial charge in [-0.2, -0.15) is 4.31 Å². The lowest BCUT2D eigenvalue weighted by atomic mass is 10.2. The zero-order valence-electron chi connectivity index (χ0n) is 21.3. The Morgan fingerprint density at radius 2 is 1.53 bits per heavy atom. The Bertz CT molecular complexity index is 1400. The van der Waals surface area contributed by atoms with Gasteiger partial charge in [-0.3, -0.25) is 9.59 Å². The highest BCUT2D eigenvalue weighted by Crippen LogP contribution is 2.24. The van der Waals surface area contributed by atoms with E-state index in [1.165, 1.54) is 47.8 Å². The molecule has 0 heterocycles. The third-order valence-corrected chi connectivity index (χ3v) is 7.58. The number of nitrogens with one attached hydrogen (secondary N) is 2. The molecule has 38 heavy (non-hydrogen) atoms. The molecule has 0 saturated carbocycles. The van der Waals surface area contributed by atoms with Crippen LogP contribution < -0.4 is 15.4 Å². The smallest absolute Gasteiger partial charge is 0.338 e. The highest BCUT2D eigenvalue weighted by atomic mass is 32.2. The number of sulfonamides is 1. The molecule has 0 aliphatic carbocycles. The van der Waals surface area contributed by atoms with Crippen molar-refractivity contribution in [3.63, 3.8) is 0 Å². The van der Waals surface area contributed by atoms with Gasteiger partial charge >= 0.3 is 5.97 Å². The van der Waals surface area contributed by atoms with E-state index >= 15 is 0 Å². The lowest BCUT2D eigenvalue weighted by Crippen LogP contribution is -2.30. The molecular formula is C27H29N3O7S. The summed E-state index contributed by atoms with van der Waals surface area (Å²) >= 11 is 0. The summed E-state index contributed by atoms with van der Waals surface area (Å²) in [6.45, 7) is 3.45. The van der Waals surface area contributed by atoms with Crippen LogP contribution in [-0.2, 0) is 19.6 Å². The number of benzene rings is 3. The minimum atomic E-state index is -3.75. The SMILES string of the molecule is CCN(CC)S(=O)(=O)c1cccc(C(=O)OCC(=O)Nc2ccc(C(=O)Nc3ccccc3OC)cc2)c1. The molecule has 10 nitrogen and oxygen atoms in total. The summed E-state index contributed by atoms with van der Waals surface area (Å²) in [6, 6.07) is 18.6. The predicted octanol–water partition coefficient (Wildman–Crippen LogP) is 3.77. The fraction of sp³-hybridized carbons (Fsp3) is 0.222. The summed E-state index contributed by atoms with van der Waals surface area (Å²) < 4.78 is 37.0. The number of anilines is 2. The number of ether oxygens (including phenoxy) is 2. The number of methoxy groups -OCH3 is 1.